The Hall–Kier alpha value is -1.33. The van der Waals surface area contributed by atoms with Crippen LogP contribution in [0.2, 0.25) is 0 Å². The average Bonchev–Trinajstić information content (AvgIpc) is 3.22. The molecule has 3 aliphatic rings. The molecule has 1 amide bonds. The number of amides is 1. The van der Waals surface area contributed by atoms with E-state index in [1.165, 1.54) is 25.7 Å². The molecule has 1 aliphatic carbocycles. The van der Waals surface area contributed by atoms with Gasteiger partial charge in [0.05, 0.1) is 6.61 Å². The fourth-order valence-corrected chi connectivity index (χ4v) is 4.17. The molecule has 4 nitrogen and oxygen atoms in total. The van der Waals surface area contributed by atoms with E-state index in [0.29, 0.717) is 17.6 Å². The Morgan fingerprint density at radius 2 is 2.10 bits per heavy atom. The summed E-state index contributed by atoms with van der Waals surface area (Å²) in [6.45, 7) is 2.20. The van der Waals surface area contributed by atoms with Gasteiger partial charge >= 0.3 is 7.12 Å². The molecule has 0 aromatic heterocycles. The van der Waals surface area contributed by atoms with Crippen molar-refractivity contribution in [2.24, 2.45) is 5.41 Å². The maximum Gasteiger partial charge on any atom is 0.491 e. The lowest BCUT2D eigenvalue weighted by molar-refractivity contribution is 0.0773. The Kier molecular flexibility index (Phi) is 3.08. The van der Waals surface area contributed by atoms with Crippen molar-refractivity contribution in [2.45, 2.75) is 38.7 Å². The SMILES string of the molecule is O=C(c1ccc2c(c1)B(O)OC2)N1CCC2(CCCC2)C1. The highest BCUT2D eigenvalue weighted by Gasteiger charge is 2.42. The minimum Gasteiger partial charge on any atom is -0.423 e. The number of carbonyl (C=O) groups excluding carboxylic acids is 1. The molecule has 2 heterocycles. The predicted molar refractivity (Wildman–Crippen MR) is 80.3 cm³/mol. The molecule has 0 bridgehead atoms. The minimum atomic E-state index is -0.882. The molecule has 0 unspecified atom stereocenters. The van der Waals surface area contributed by atoms with Gasteiger partial charge in [-0.2, -0.15) is 0 Å². The highest BCUT2D eigenvalue weighted by atomic mass is 16.5. The van der Waals surface area contributed by atoms with Crippen LogP contribution in [0.5, 0.6) is 0 Å². The number of fused-ring (bicyclic) bond motifs is 1. The molecule has 1 saturated carbocycles. The monoisotopic (exact) mass is 285 g/mol. The highest BCUT2D eigenvalue weighted by molar-refractivity contribution is 6.61. The van der Waals surface area contributed by atoms with Crippen molar-refractivity contribution in [2.75, 3.05) is 13.1 Å². The van der Waals surface area contributed by atoms with Gasteiger partial charge in [0, 0.05) is 18.7 Å². The first-order valence-corrected chi connectivity index (χ1v) is 7.89. The summed E-state index contributed by atoms with van der Waals surface area (Å²) in [5.74, 6) is 0.0978. The van der Waals surface area contributed by atoms with Crippen LogP contribution in [0.4, 0.5) is 0 Å². The van der Waals surface area contributed by atoms with Gasteiger partial charge in [-0.05, 0) is 47.8 Å². The summed E-state index contributed by atoms with van der Waals surface area (Å²) in [4.78, 5) is 14.7. The number of benzene rings is 1. The number of carbonyl (C=O) groups is 1. The standard InChI is InChI=1S/C16H20BNO3/c19-15(18-8-7-16(11-18)5-1-2-6-16)12-3-4-13-10-21-17(20)14(13)9-12/h3-4,9,20H,1-2,5-8,10-11H2. The molecule has 21 heavy (non-hydrogen) atoms. The smallest absolute Gasteiger partial charge is 0.423 e. The first-order valence-electron chi connectivity index (χ1n) is 7.89. The van der Waals surface area contributed by atoms with Gasteiger partial charge in [0.2, 0.25) is 0 Å². The first kappa shape index (κ1) is 13.3. The van der Waals surface area contributed by atoms with Crippen LogP contribution < -0.4 is 5.46 Å². The summed E-state index contributed by atoms with van der Waals surface area (Å²) in [5, 5.41) is 9.77. The summed E-state index contributed by atoms with van der Waals surface area (Å²) in [6, 6.07) is 5.57. The molecule has 110 valence electrons. The van der Waals surface area contributed by atoms with Crippen molar-refractivity contribution in [1.82, 2.24) is 4.90 Å². The van der Waals surface area contributed by atoms with E-state index >= 15 is 0 Å². The van der Waals surface area contributed by atoms with Crippen molar-refractivity contribution < 1.29 is 14.5 Å². The number of likely N-dealkylation sites (tertiary alicyclic amines) is 1. The quantitative estimate of drug-likeness (QED) is 0.791. The largest absolute Gasteiger partial charge is 0.491 e. The molecule has 5 heteroatoms. The summed E-state index contributed by atoms with van der Waals surface area (Å²) in [5.41, 5.74) is 2.80. The third-order valence-corrected chi connectivity index (χ3v) is 5.45. The highest BCUT2D eigenvalue weighted by Crippen LogP contribution is 2.45. The normalized spacial score (nSPS) is 23.1. The average molecular weight is 285 g/mol. The zero-order valence-corrected chi connectivity index (χ0v) is 12.2. The fourth-order valence-electron chi connectivity index (χ4n) is 4.17. The Bertz CT molecular complexity index is 583. The Morgan fingerprint density at radius 3 is 2.90 bits per heavy atom. The lowest BCUT2D eigenvalue weighted by atomic mass is 9.78. The minimum absolute atomic E-state index is 0.0978. The topological polar surface area (TPSA) is 49.8 Å². The van der Waals surface area contributed by atoms with Crippen LogP contribution in [0, 0.1) is 5.41 Å². The maximum atomic E-state index is 12.7. The number of hydrogen-bond donors (Lipinski definition) is 1. The Labute approximate surface area is 125 Å². The van der Waals surface area contributed by atoms with Gasteiger partial charge in [0.15, 0.2) is 0 Å². The number of rotatable bonds is 1. The van der Waals surface area contributed by atoms with Crippen LogP contribution >= 0.6 is 0 Å². The predicted octanol–water partition coefficient (Wildman–Crippen LogP) is 1.31. The van der Waals surface area contributed by atoms with Crippen molar-refractivity contribution in [3.8, 4) is 0 Å². The molecule has 1 aromatic carbocycles. The van der Waals surface area contributed by atoms with E-state index in [1.54, 1.807) is 6.07 Å². The van der Waals surface area contributed by atoms with Gasteiger partial charge in [-0.25, -0.2) is 0 Å². The summed E-state index contributed by atoms with van der Waals surface area (Å²) in [6.07, 6.45) is 6.31. The van der Waals surface area contributed by atoms with E-state index in [0.717, 1.165) is 30.5 Å². The fraction of sp³-hybridized carbons (Fsp3) is 0.562. The maximum absolute atomic E-state index is 12.7. The van der Waals surface area contributed by atoms with E-state index in [2.05, 4.69) is 0 Å². The molecule has 1 aromatic rings. The third-order valence-electron chi connectivity index (χ3n) is 5.45. The molecular formula is C16H20BNO3. The van der Waals surface area contributed by atoms with Crippen molar-refractivity contribution in [3.05, 3.63) is 29.3 Å². The molecule has 1 saturated heterocycles. The van der Waals surface area contributed by atoms with Crippen LogP contribution in [-0.2, 0) is 11.3 Å². The van der Waals surface area contributed by atoms with Crippen molar-refractivity contribution in [1.29, 1.82) is 0 Å². The second-order valence-corrected chi connectivity index (χ2v) is 6.76. The van der Waals surface area contributed by atoms with Gasteiger partial charge in [0.1, 0.15) is 0 Å². The van der Waals surface area contributed by atoms with Gasteiger partial charge in [-0.1, -0.05) is 18.9 Å². The summed E-state index contributed by atoms with van der Waals surface area (Å²) >= 11 is 0. The molecule has 4 rings (SSSR count). The Balaban J connectivity index is 1.54. The van der Waals surface area contributed by atoms with E-state index in [-0.39, 0.29) is 5.91 Å². The van der Waals surface area contributed by atoms with Crippen LogP contribution in [0.25, 0.3) is 0 Å². The molecule has 2 fully saturated rings. The second kappa shape index (κ2) is 4.85. The lowest BCUT2D eigenvalue weighted by Gasteiger charge is -2.23. The van der Waals surface area contributed by atoms with E-state index in [9.17, 15) is 9.82 Å². The zero-order valence-electron chi connectivity index (χ0n) is 12.2. The number of hydrogen-bond acceptors (Lipinski definition) is 3. The van der Waals surface area contributed by atoms with Crippen LogP contribution in [0.3, 0.4) is 0 Å². The van der Waals surface area contributed by atoms with Gasteiger partial charge in [0.25, 0.3) is 5.91 Å². The lowest BCUT2D eigenvalue weighted by Crippen LogP contribution is -2.33. The molecule has 1 N–H and O–H groups in total. The van der Waals surface area contributed by atoms with Gasteiger partial charge < -0.3 is 14.6 Å². The van der Waals surface area contributed by atoms with Crippen molar-refractivity contribution in [3.63, 3.8) is 0 Å². The molecule has 0 radical (unpaired) electrons. The van der Waals surface area contributed by atoms with E-state index < -0.39 is 7.12 Å². The second-order valence-electron chi connectivity index (χ2n) is 6.76. The molecule has 0 atom stereocenters. The van der Waals surface area contributed by atoms with Gasteiger partial charge in [-0.15, -0.1) is 0 Å². The first-order chi connectivity index (χ1) is 10.2. The number of nitrogens with zero attached hydrogens (tertiary/aromatic N) is 1. The Morgan fingerprint density at radius 1 is 1.29 bits per heavy atom. The molecule has 1 spiro atoms. The van der Waals surface area contributed by atoms with Gasteiger partial charge in [-0.3, -0.25) is 4.79 Å². The summed E-state index contributed by atoms with van der Waals surface area (Å²) in [7, 11) is -0.882. The third kappa shape index (κ3) is 2.19. The molecule has 2 aliphatic heterocycles. The van der Waals surface area contributed by atoms with E-state index in [4.69, 9.17) is 4.65 Å². The van der Waals surface area contributed by atoms with Crippen molar-refractivity contribution >= 4 is 18.5 Å². The van der Waals surface area contributed by atoms with E-state index in [1.807, 2.05) is 17.0 Å². The zero-order chi connectivity index (χ0) is 14.4. The van der Waals surface area contributed by atoms with Crippen LogP contribution in [0.15, 0.2) is 18.2 Å². The van der Waals surface area contributed by atoms with Crippen LogP contribution in [0.1, 0.15) is 48.0 Å². The summed E-state index contributed by atoms with van der Waals surface area (Å²) < 4.78 is 5.19. The molecular weight excluding hydrogens is 265 g/mol. The van der Waals surface area contributed by atoms with Crippen LogP contribution in [-0.4, -0.2) is 36.0 Å².